The number of anilines is 1. The van der Waals surface area contributed by atoms with Crippen LogP contribution < -0.4 is 5.32 Å². The third kappa shape index (κ3) is 3.56. The Labute approximate surface area is 161 Å². The summed E-state index contributed by atoms with van der Waals surface area (Å²) in [7, 11) is 0. The van der Waals surface area contributed by atoms with Crippen LogP contribution in [0.5, 0.6) is 0 Å². The molecule has 0 spiro atoms. The molecular weight excluding hydrogens is 358 g/mol. The maximum atomic E-state index is 5.28. The smallest absolute Gasteiger partial charge is 0.199 e. The van der Waals surface area contributed by atoms with Crippen molar-refractivity contribution in [3.05, 3.63) is 58.9 Å². The van der Waals surface area contributed by atoms with Gasteiger partial charge in [0.05, 0.1) is 23.1 Å². The van der Waals surface area contributed by atoms with Gasteiger partial charge in [0.1, 0.15) is 0 Å². The van der Waals surface area contributed by atoms with Crippen molar-refractivity contribution in [2.45, 2.75) is 26.3 Å². The molecule has 136 valence electrons. The highest BCUT2D eigenvalue weighted by molar-refractivity contribution is 7.71. The predicted molar refractivity (Wildman–Crippen MR) is 108 cm³/mol. The van der Waals surface area contributed by atoms with Crippen LogP contribution in [0.25, 0.3) is 22.3 Å². The molecule has 0 fully saturated rings. The summed E-state index contributed by atoms with van der Waals surface area (Å²) >= 11 is 5.28. The molecule has 0 saturated carbocycles. The van der Waals surface area contributed by atoms with Crippen LogP contribution in [-0.4, -0.2) is 30.1 Å². The van der Waals surface area contributed by atoms with Gasteiger partial charge in [-0.3, -0.25) is 15.1 Å². The van der Waals surface area contributed by atoms with Gasteiger partial charge in [0, 0.05) is 24.5 Å². The van der Waals surface area contributed by atoms with Crippen LogP contribution in [0.2, 0.25) is 0 Å². The van der Waals surface area contributed by atoms with Crippen LogP contribution >= 0.6 is 12.2 Å². The first-order chi connectivity index (χ1) is 13.1. The molecule has 0 atom stereocenters. The molecule has 0 saturated heterocycles. The van der Waals surface area contributed by atoms with Gasteiger partial charge in [-0.05, 0) is 23.7 Å². The summed E-state index contributed by atoms with van der Waals surface area (Å²) in [5.74, 6) is 0.986. The average Bonchev–Trinajstić information content (AvgIpc) is 3.11. The van der Waals surface area contributed by atoms with E-state index >= 15 is 0 Å². The summed E-state index contributed by atoms with van der Waals surface area (Å²) in [4.78, 5) is 16.0. The number of H-pyrrole nitrogens is 2. The molecule has 7 nitrogen and oxygen atoms in total. The quantitative estimate of drug-likeness (QED) is 0.451. The molecule has 0 aliphatic rings. The van der Waals surface area contributed by atoms with Gasteiger partial charge in [-0.1, -0.05) is 38.1 Å². The molecule has 0 aliphatic heterocycles. The third-order valence-corrected chi connectivity index (χ3v) is 4.51. The Balaban J connectivity index is 1.56. The molecule has 0 amide bonds. The highest BCUT2D eigenvalue weighted by Crippen LogP contribution is 2.25. The maximum absolute atomic E-state index is 5.28. The lowest BCUT2D eigenvalue weighted by molar-refractivity contribution is 0.815. The van der Waals surface area contributed by atoms with Crippen molar-refractivity contribution < 1.29 is 0 Å². The van der Waals surface area contributed by atoms with Crippen LogP contribution in [0.3, 0.4) is 0 Å². The number of nitrogens with zero attached hydrogens (tertiary/aromatic N) is 4. The minimum atomic E-state index is 0.310. The second-order valence-corrected chi connectivity index (χ2v) is 6.93. The summed E-state index contributed by atoms with van der Waals surface area (Å²) in [5.41, 5.74) is 5.70. The van der Waals surface area contributed by atoms with Gasteiger partial charge in [-0.25, -0.2) is 4.98 Å². The summed E-state index contributed by atoms with van der Waals surface area (Å²) < 4.78 is 0.436. The van der Waals surface area contributed by atoms with Crippen molar-refractivity contribution in [2.75, 3.05) is 5.32 Å². The fourth-order valence-electron chi connectivity index (χ4n) is 2.91. The Bertz CT molecular complexity index is 1110. The first kappa shape index (κ1) is 17.3. The predicted octanol–water partition coefficient (Wildman–Crippen LogP) is 4.21. The Morgan fingerprint density at radius 3 is 2.67 bits per heavy atom. The second kappa shape index (κ2) is 7.24. The van der Waals surface area contributed by atoms with Crippen LogP contribution in [0.15, 0.2) is 42.9 Å². The summed E-state index contributed by atoms with van der Waals surface area (Å²) in [5, 5.41) is 10.8. The van der Waals surface area contributed by atoms with Crippen LogP contribution in [0, 0.1) is 4.77 Å². The highest BCUT2D eigenvalue weighted by atomic mass is 32.1. The molecule has 3 aromatic heterocycles. The third-order valence-electron chi connectivity index (χ3n) is 4.31. The molecule has 8 heteroatoms. The molecule has 4 aromatic rings. The Hall–Kier alpha value is -3.13. The van der Waals surface area contributed by atoms with Crippen LogP contribution in [0.4, 0.5) is 5.82 Å². The Kier molecular flexibility index (Phi) is 4.64. The minimum absolute atomic E-state index is 0.310. The van der Waals surface area contributed by atoms with E-state index in [0.717, 1.165) is 33.5 Å². The summed E-state index contributed by atoms with van der Waals surface area (Å²) in [6.07, 6.45) is 5.11. The van der Waals surface area contributed by atoms with E-state index in [1.807, 2.05) is 12.1 Å². The van der Waals surface area contributed by atoms with Crippen molar-refractivity contribution in [2.24, 2.45) is 0 Å². The Morgan fingerprint density at radius 2 is 1.96 bits per heavy atom. The minimum Gasteiger partial charge on any atom is -0.364 e. The maximum Gasteiger partial charge on any atom is 0.199 e. The molecule has 27 heavy (non-hydrogen) atoms. The van der Waals surface area contributed by atoms with E-state index < -0.39 is 0 Å². The van der Waals surface area contributed by atoms with E-state index in [9.17, 15) is 0 Å². The number of hydrogen-bond donors (Lipinski definition) is 3. The number of nitrogens with one attached hydrogen (secondary N) is 3. The number of benzene rings is 1. The van der Waals surface area contributed by atoms with Gasteiger partial charge in [0.15, 0.2) is 16.1 Å². The van der Waals surface area contributed by atoms with Crippen molar-refractivity contribution in [3.63, 3.8) is 0 Å². The zero-order valence-electron chi connectivity index (χ0n) is 15.0. The number of rotatable bonds is 5. The number of aromatic nitrogens is 6. The lowest BCUT2D eigenvalue weighted by Gasteiger charge is -2.08. The number of fused-ring (bicyclic) bond motifs is 1. The molecule has 1 aromatic carbocycles. The zero-order chi connectivity index (χ0) is 18.8. The summed E-state index contributed by atoms with van der Waals surface area (Å²) in [6, 6.07) is 8.18. The lowest BCUT2D eigenvalue weighted by Crippen LogP contribution is -2.03. The topological polar surface area (TPSA) is 95.2 Å². The van der Waals surface area contributed by atoms with Crippen molar-refractivity contribution in [3.8, 4) is 11.3 Å². The van der Waals surface area contributed by atoms with Gasteiger partial charge in [0.25, 0.3) is 0 Å². The second-order valence-electron chi connectivity index (χ2n) is 6.55. The van der Waals surface area contributed by atoms with E-state index in [1.165, 1.54) is 0 Å². The van der Waals surface area contributed by atoms with E-state index in [0.29, 0.717) is 23.1 Å². The molecule has 0 aliphatic carbocycles. The normalized spacial score (nSPS) is 11.2. The number of aromatic amines is 2. The zero-order valence-corrected chi connectivity index (χ0v) is 15.8. The molecule has 0 bridgehead atoms. The molecule has 0 radical (unpaired) electrons. The molecule has 0 unspecified atom stereocenters. The molecular formula is C19H19N7S. The molecule has 4 rings (SSSR count). The monoisotopic (exact) mass is 377 g/mol. The Morgan fingerprint density at radius 1 is 1.15 bits per heavy atom. The van der Waals surface area contributed by atoms with Crippen molar-refractivity contribution in [1.82, 2.24) is 30.1 Å². The highest BCUT2D eigenvalue weighted by Gasteiger charge is 2.14. The van der Waals surface area contributed by atoms with Crippen molar-refractivity contribution in [1.29, 1.82) is 0 Å². The van der Waals surface area contributed by atoms with E-state index in [1.54, 1.807) is 18.6 Å². The molecule has 3 heterocycles. The fourth-order valence-corrected chi connectivity index (χ4v) is 3.10. The average molecular weight is 377 g/mol. The number of hydrogen-bond acceptors (Lipinski definition) is 6. The first-order valence-corrected chi connectivity index (χ1v) is 9.10. The summed E-state index contributed by atoms with van der Waals surface area (Å²) in [6.45, 7) is 4.83. The lowest BCUT2D eigenvalue weighted by atomic mass is 10.1. The van der Waals surface area contributed by atoms with Crippen LogP contribution in [-0.2, 0) is 6.54 Å². The van der Waals surface area contributed by atoms with Gasteiger partial charge in [0.2, 0.25) is 0 Å². The van der Waals surface area contributed by atoms with E-state index in [-0.39, 0.29) is 0 Å². The van der Waals surface area contributed by atoms with Gasteiger partial charge in [-0.15, -0.1) is 0 Å². The standard InChI is InChI=1S/C19H19N7S/c1-11(2)15-16-17(26-25-15)18(24-19(27)23-16)22-9-12-3-5-13(6-4-12)14-10-20-7-8-21-14/h3-8,10-11H,9H2,1-2H3,(H,25,26)(H2,22,23,24,27). The largest absolute Gasteiger partial charge is 0.364 e. The van der Waals surface area contributed by atoms with E-state index in [4.69, 9.17) is 12.2 Å². The molecule has 3 N–H and O–H groups in total. The van der Waals surface area contributed by atoms with Crippen molar-refractivity contribution >= 4 is 29.1 Å². The van der Waals surface area contributed by atoms with Gasteiger partial charge >= 0.3 is 0 Å². The van der Waals surface area contributed by atoms with Crippen LogP contribution in [0.1, 0.15) is 31.0 Å². The fraction of sp³-hybridized carbons (Fsp3) is 0.211. The first-order valence-electron chi connectivity index (χ1n) is 8.69. The van der Waals surface area contributed by atoms with Gasteiger partial charge in [-0.2, -0.15) is 5.10 Å². The SMILES string of the molecule is CC(C)c1[nH]nc2c(NCc3ccc(-c4cnccn4)cc3)nc(=S)[nH]c12. The van der Waals surface area contributed by atoms with E-state index in [2.05, 4.69) is 61.4 Å². The van der Waals surface area contributed by atoms with Gasteiger partial charge < -0.3 is 10.3 Å².